The summed E-state index contributed by atoms with van der Waals surface area (Å²) in [5.74, 6) is 0.0135. The maximum atomic E-state index is 12.3. The second kappa shape index (κ2) is 7.35. The van der Waals surface area contributed by atoms with E-state index in [4.69, 9.17) is 0 Å². The molecule has 1 saturated heterocycles. The number of rotatable bonds is 3. The van der Waals surface area contributed by atoms with Gasteiger partial charge in [0, 0.05) is 31.9 Å². The Morgan fingerprint density at radius 1 is 1.16 bits per heavy atom. The van der Waals surface area contributed by atoms with E-state index >= 15 is 0 Å². The molecule has 8 nitrogen and oxygen atoms in total. The second-order valence-corrected chi connectivity index (χ2v) is 6.01. The highest BCUT2D eigenvalue weighted by Crippen LogP contribution is 2.15. The van der Waals surface area contributed by atoms with Gasteiger partial charge in [-0.05, 0) is 25.0 Å². The number of aliphatic hydroxyl groups is 1. The molecule has 8 heteroatoms. The van der Waals surface area contributed by atoms with Gasteiger partial charge in [-0.2, -0.15) is 5.10 Å². The number of carbonyl (C=O) groups is 2. The van der Waals surface area contributed by atoms with Crippen molar-refractivity contribution in [3.8, 4) is 0 Å². The largest absolute Gasteiger partial charge is 0.393 e. The van der Waals surface area contributed by atoms with Crippen molar-refractivity contribution in [2.24, 2.45) is 7.05 Å². The molecule has 2 heterocycles. The van der Waals surface area contributed by atoms with Crippen LogP contribution in [0.2, 0.25) is 0 Å². The van der Waals surface area contributed by atoms with Crippen LogP contribution in [0.5, 0.6) is 0 Å². The third-order valence-electron chi connectivity index (χ3n) is 4.13. The van der Waals surface area contributed by atoms with Crippen LogP contribution in [0.3, 0.4) is 0 Å². The van der Waals surface area contributed by atoms with E-state index in [0.717, 1.165) is 0 Å². The number of aromatic nitrogens is 2. The van der Waals surface area contributed by atoms with Gasteiger partial charge in [-0.3, -0.25) is 14.8 Å². The predicted octanol–water partition coefficient (Wildman–Crippen LogP) is 1.66. The fourth-order valence-corrected chi connectivity index (χ4v) is 2.72. The van der Waals surface area contributed by atoms with Gasteiger partial charge < -0.3 is 15.3 Å². The van der Waals surface area contributed by atoms with Crippen molar-refractivity contribution in [3.05, 3.63) is 42.1 Å². The number of nitrogens with one attached hydrogen (secondary N) is 2. The lowest BCUT2D eigenvalue weighted by Crippen LogP contribution is -2.42. The smallest absolute Gasteiger partial charge is 0.323 e. The number of anilines is 2. The number of piperidine rings is 1. The molecule has 0 spiro atoms. The summed E-state index contributed by atoms with van der Waals surface area (Å²) in [5, 5.41) is 19.2. The summed E-state index contributed by atoms with van der Waals surface area (Å²) in [5.41, 5.74) is 1.03. The predicted molar refractivity (Wildman–Crippen MR) is 93.4 cm³/mol. The van der Waals surface area contributed by atoms with Gasteiger partial charge in [0.2, 0.25) is 0 Å². The Hall–Kier alpha value is -2.87. The van der Waals surface area contributed by atoms with Crippen LogP contribution in [-0.4, -0.2) is 50.9 Å². The Kier molecular flexibility index (Phi) is 4.99. The molecular formula is C17H21N5O3. The molecule has 1 aliphatic heterocycles. The van der Waals surface area contributed by atoms with Crippen LogP contribution in [0.1, 0.15) is 23.3 Å². The number of amides is 3. The molecule has 1 aliphatic rings. The van der Waals surface area contributed by atoms with Crippen molar-refractivity contribution in [2.75, 3.05) is 23.7 Å². The number of carbonyl (C=O) groups excluding carboxylic acids is 2. The van der Waals surface area contributed by atoms with Gasteiger partial charge in [0.15, 0.2) is 5.82 Å². The lowest BCUT2D eigenvalue weighted by molar-refractivity contribution is 0.0970. The molecule has 1 aromatic heterocycles. The lowest BCUT2D eigenvalue weighted by Gasteiger charge is -2.29. The third-order valence-corrected chi connectivity index (χ3v) is 4.13. The fraction of sp³-hybridized carbons (Fsp3) is 0.353. The zero-order valence-corrected chi connectivity index (χ0v) is 14.0. The van der Waals surface area contributed by atoms with E-state index in [0.29, 0.717) is 43.1 Å². The summed E-state index contributed by atoms with van der Waals surface area (Å²) in [6.45, 7) is 1.00. The maximum absolute atomic E-state index is 12.3. The monoisotopic (exact) mass is 343 g/mol. The first kappa shape index (κ1) is 17.0. The highest BCUT2D eigenvalue weighted by atomic mass is 16.3. The van der Waals surface area contributed by atoms with E-state index in [-0.39, 0.29) is 18.0 Å². The van der Waals surface area contributed by atoms with E-state index in [1.165, 1.54) is 10.7 Å². The van der Waals surface area contributed by atoms with E-state index in [1.807, 2.05) is 18.2 Å². The first-order valence-corrected chi connectivity index (χ1v) is 8.17. The number of benzene rings is 1. The maximum Gasteiger partial charge on any atom is 0.323 e. The number of aryl methyl sites for hydroxylation is 1. The summed E-state index contributed by atoms with van der Waals surface area (Å²) in [6, 6.07) is 10.4. The minimum absolute atomic E-state index is 0.278. The molecule has 0 radical (unpaired) electrons. The molecule has 1 aromatic carbocycles. The second-order valence-electron chi connectivity index (χ2n) is 6.01. The van der Waals surface area contributed by atoms with Gasteiger partial charge in [0.1, 0.15) is 5.69 Å². The average Bonchev–Trinajstić information content (AvgIpc) is 2.96. The molecule has 132 valence electrons. The van der Waals surface area contributed by atoms with Crippen molar-refractivity contribution in [2.45, 2.75) is 18.9 Å². The van der Waals surface area contributed by atoms with Crippen LogP contribution >= 0.6 is 0 Å². The minimum Gasteiger partial charge on any atom is -0.393 e. The molecule has 3 N–H and O–H groups in total. The molecule has 2 aromatic rings. The zero-order chi connectivity index (χ0) is 17.8. The summed E-state index contributed by atoms with van der Waals surface area (Å²) < 4.78 is 1.42. The zero-order valence-electron chi connectivity index (χ0n) is 14.0. The van der Waals surface area contributed by atoms with Gasteiger partial charge in [-0.1, -0.05) is 18.2 Å². The number of para-hydroxylation sites is 1. The van der Waals surface area contributed by atoms with Crippen LogP contribution in [0.4, 0.5) is 16.3 Å². The molecule has 3 rings (SSSR count). The first-order chi connectivity index (χ1) is 12.0. The standard InChI is InChI=1S/C17H21N5O3/c1-21-14(16(24)18-12-5-3-2-4-6-12)11-15(20-21)19-17(25)22-9-7-13(23)8-10-22/h2-6,11,13,23H,7-10H2,1H3,(H,18,24)(H,19,20,25). The Balaban J connectivity index is 1.63. The number of urea groups is 1. The highest BCUT2D eigenvalue weighted by Gasteiger charge is 2.22. The molecule has 0 aliphatic carbocycles. The average molecular weight is 343 g/mol. The van der Waals surface area contributed by atoms with Crippen molar-refractivity contribution in [1.82, 2.24) is 14.7 Å². The van der Waals surface area contributed by atoms with Crippen LogP contribution in [-0.2, 0) is 7.05 Å². The van der Waals surface area contributed by atoms with Crippen LogP contribution in [0, 0.1) is 0 Å². The number of hydrogen-bond acceptors (Lipinski definition) is 4. The summed E-state index contributed by atoms with van der Waals surface area (Å²) in [4.78, 5) is 26.2. The molecule has 1 fully saturated rings. The third kappa shape index (κ3) is 4.16. The Morgan fingerprint density at radius 3 is 2.52 bits per heavy atom. The summed E-state index contributed by atoms with van der Waals surface area (Å²) in [6.07, 6.45) is 0.799. The molecule has 0 unspecified atom stereocenters. The Labute approximate surface area is 145 Å². The minimum atomic E-state index is -0.341. The molecule has 0 atom stereocenters. The summed E-state index contributed by atoms with van der Waals surface area (Å²) >= 11 is 0. The van der Waals surface area contributed by atoms with E-state index in [2.05, 4.69) is 15.7 Å². The van der Waals surface area contributed by atoms with Crippen molar-refractivity contribution < 1.29 is 14.7 Å². The SMILES string of the molecule is Cn1nc(NC(=O)N2CCC(O)CC2)cc1C(=O)Nc1ccccc1. The fourth-order valence-electron chi connectivity index (χ4n) is 2.72. The normalized spacial score (nSPS) is 15.0. The number of hydrogen-bond donors (Lipinski definition) is 3. The van der Waals surface area contributed by atoms with Crippen molar-refractivity contribution >= 4 is 23.4 Å². The highest BCUT2D eigenvalue weighted by molar-refractivity contribution is 6.04. The molecule has 0 saturated carbocycles. The summed E-state index contributed by atoms with van der Waals surface area (Å²) in [7, 11) is 1.65. The molecule has 0 bridgehead atoms. The molecular weight excluding hydrogens is 322 g/mol. The van der Waals surface area contributed by atoms with Gasteiger partial charge in [0.05, 0.1) is 6.10 Å². The van der Waals surface area contributed by atoms with Crippen LogP contribution in [0.25, 0.3) is 0 Å². The van der Waals surface area contributed by atoms with Crippen molar-refractivity contribution in [1.29, 1.82) is 0 Å². The Bertz CT molecular complexity index is 751. The van der Waals surface area contributed by atoms with Crippen molar-refractivity contribution in [3.63, 3.8) is 0 Å². The van der Waals surface area contributed by atoms with Gasteiger partial charge in [0.25, 0.3) is 5.91 Å². The Morgan fingerprint density at radius 2 is 1.84 bits per heavy atom. The van der Waals surface area contributed by atoms with E-state index in [1.54, 1.807) is 24.1 Å². The number of nitrogens with zero attached hydrogens (tertiary/aromatic N) is 3. The van der Waals surface area contributed by atoms with Gasteiger partial charge in [-0.15, -0.1) is 0 Å². The van der Waals surface area contributed by atoms with Crippen LogP contribution in [0.15, 0.2) is 36.4 Å². The quantitative estimate of drug-likeness (QED) is 0.789. The van der Waals surface area contributed by atoms with Gasteiger partial charge >= 0.3 is 6.03 Å². The topological polar surface area (TPSA) is 99.5 Å². The molecule has 3 amide bonds. The molecule has 25 heavy (non-hydrogen) atoms. The number of aliphatic hydroxyl groups excluding tert-OH is 1. The van der Waals surface area contributed by atoms with E-state index in [9.17, 15) is 14.7 Å². The van der Waals surface area contributed by atoms with Crippen LogP contribution < -0.4 is 10.6 Å². The first-order valence-electron chi connectivity index (χ1n) is 8.17. The lowest BCUT2D eigenvalue weighted by atomic mass is 10.1. The number of likely N-dealkylation sites (tertiary alicyclic amines) is 1. The van der Waals surface area contributed by atoms with E-state index < -0.39 is 0 Å². The van der Waals surface area contributed by atoms with Gasteiger partial charge in [-0.25, -0.2) is 4.79 Å².